The largest absolute Gasteiger partial charge is 0.341 e. The average Bonchev–Trinajstić information content (AvgIpc) is 2.76. The third-order valence-electron chi connectivity index (χ3n) is 3.64. The van der Waals surface area contributed by atoms with Gasteiger partial charge in [-0.1, -0.05) is 36.6 Å². The highest BCUT2D eigenvalue weighted by Gasteiger charge is 2.16. The van der Waals surface area contributed by atoms with E-state index >= 15 is 0 Å². The van der Waals surface area contributed by atoms with E-state index in [1.807, 2.05) is 30.5 Å². The molecular weight excluding hydrogens is 258 g/mol. The van der Waals surface area contributed by atoms with E-state index in [0.29, 0.717) is 6.04 Å². The van der Waals surface area contributed by atoms with Crippen molar-refractivity contribution in [1.82, 2.24) is 15.3 Å². The number of nitrogens with zero attached hydrogens (tertiary/aromatic N) is 1. The first-order chi connectivity index (χ1) is 9.33. The van der Waals surface area contributed by atoms with Crippen LogP contribution in [-0.4, -0.2) is 16.5 Å². The van der Waals surface area contributed by atoms with Gasteiger partial charge in [0.1, 0.15) is 5.82 Å². The van der Waals surface area contributed by atoms with Gasteiger partial charge in [0.2, 0.25) is 0 Å². The van der Waals surface area contributed by atoms with Crippen LogP contribution in [0.4, 0.5) is 0 Å². The second kappa shape index (κ2) is 5.76. The van der Waals surface area contributed by atoms with E-state index in [4.69, 9.17) is 11.6 Å². The SMILES string of the molecule is Clc1ccc(-c2cnc(C3CCCCCN3)[nH]2)cc1. The minimum Gasteiger partial charge on any atom is -0.341 e. The van der Waals surface area contributed by atoms with Crippen LogP contribution in [0.1, 0.15) is 37.5 Å². The lowest BCUT2D eigenvalue weighted by Gasteiger charge is -2.12. The van der Waals surface area contributed by atoms with E-state index in [1.54, 1.807) is 0 Å². The third-order valence-corrected chi connectivity index (χ3v) is 3.89. The number of aromatic nitrogens is 2. The number of hydrogen-bond donors (Lipinski definition) is 2. The van der Waals surface area contributed by atoms with Crippen molar-refractivity contribution in [3.63, 3.8) is 0 Å². The second-order valence-electron chi connectivity index (χ2n) is 5.05. The maximum atomic E-state index is 5.91. The van der Waals surface area contributed by atoms with Crippen LogP contribution in [0.25, 0.3) is 11.3 Å². The van der Waals surface area contributed by atoms with Gasteiger partial charge >= 0.3 is 0 Å². The van der Waals surface area contributed by atoms with Crippen LogP contribution in [0.5, 0.6) is 0 Å². The maximum absolute atomic E-state index is 5.91. The van der Waals surface area contributed by atoms with Gasteiger partial charge < -0.3 is 10.3 Å². The number of nitrogens with one attached hydrogen (secondary N) is 2. The normalized spacial score (nSPS) is 20.2. The number of imidazole rings is 1. The van der Waals surface area contributed by atoms with Crippen molar-refractivity contribution in [2.45, 2.75) is 31.7 Å². The first kappa shape index (κ1) is 12.7. The molecule has 3 rings (SSSR count). The summed E-state index contributed by atoms with van der Waals surface area (Å²) in [5.41, 5.74) is 2.18. The Morgan fingerprint density at radius 3 is 2.79 bits per heavy atom. The Morgan fingerprint density at radius 2 is 1.95 bits per heavy atom. The number of benzene rings is 1. The summed E-state index contributed by atoms with van der Waals surface area (Å²) in [5.74, 6) is 1.05. The van der Waals surface area contributed by atoms with Crippen LogP contribution in [0, 0.1) is 0 Å². The molecule has 1 atom stereocenters. The van der Waals surface area contributed by atoms with Crippen molar-refractivity contribution in [3.05, 3.63) is 41.3 Å². The van der Waals surface area contributed by atoms with Gasteiger partial charge in [-0.05, 0) is 37.1 Å². The van der Waals surface area contributed by atoms with Gasteiger partial charge in [-0.3, -0.25) is 0 Å². The molecule has 0 spiro atoms. The zero-order chi connectivity index (χ0) is 13.1. The van der Waals surface area contributed by atoms with Crippen molar-refractivity contribution in [2.75, 3.05) is 6.54 Å². The standard InChI is InChI=1S/C15H18ClN3/c16-12-7-5-11(6-8-12)14-10-18-15(19-14)13-4-2-1-3-9-17-13/h5-8,10,13,17H,1-4,9H2,(H,18,19). The Balaban J connectivity index is 1.80. The first-order valence-corrected chi connectivity index (χ1v) is 7.25. The number of rotatable bonds is 2. The molecule has 0 bridgehead atoms. The second-order valence-corrected chi connectivity index (χ2v) is 5.48. The Morgan fingerprint density at radius 1 is 1.11 bits per heavy atom. The van der Waals surface area contributed by atoms with Crippen LogP contribution in [0.3, 0.4) is 0 Å². The summed E-state index contributed by atoms with van der Waals surface area (Å²) in [6.07, 6.45) is 6.92. The monoisotopic (exact) mass is 275 g/mol. The van der Waals surface area contributed by atoms with Gasteiger partial charge in [-0.15, -0.1) is 0 Å². The van der Waals surface area contributed by atoms with Gasteiger partial charge in [0, 0.05) is 5.02 Å². The molecule has 100 valence electrons. The molecule has 2 N–H and O–H groups in total. The lowest BCUT2D eigenvalue weighted by Crippen LogP contribution is -2.21. The van der Waals surface area contributed by atoms with Gasteiger partial charge in [-0.25, -0.2) is 4.98 Å². The molecule has 1 fully saturated rings. The van der Waals surface area contributed by atoms with E-state index in [2.05, 4.69) is 15.3 Å². The van der Waals surface area contributed by atoms with E-state index in [0.717, 1.165) is 35.1 Å². The highest BCUT2D eigenvalue weighted by molar-refractivity contribution is 6.30. The average molecular weight is 276 g/mol. The summed E-state index contributed by atoms with van der Waals surface area (Å²) in [6.45, 7) is 1.08. The molecule has 19 heavy (non-hydrogen) atoms. The fourth-order valence-electron chi connectivity index (χ4n) is 2.55. The van der Waals surface area contributed by atoms with Crippen molar-refractivity contribution < 1.29 is 0 Å². The molecule has 2 aromatic rings. The summed E-state index contributed by atoms with van der Waals surface area (Å²) in [6, 6.07) is 8.20. The fourth-order valence-corrected chi connectivity index (χ4v) is 2.68. The van der Waals surface area contributed by atoms with Crippen LogP contribution < -0.4 is 5.32 Å². The molecule has 1 aliphatic heterocycles. The molecule has 1 aliphatic rings. The topological polar surface area (TPSA) is 40.7 Å². The lowest BCUT2D eigenvalue weighted by atomic mass is 10.1. The van der Waals surface area contributed by atoms with Crippen LogP contribution in [0.2, 0.25) is 5.02 Å². The molecule has 1 aromatic carbocycles. The molecule has 1 saturated heterocycles. The molecule has 0 amide bonds. The molecule has 4 heteroatoms. The van der Waals surface area contributed by atoms with Gasteiger partial charge in [0.05, 0.1) is 17.9 Å². The lowest BCUT2D eigenvalue weighted by molar-refractivity contribution is 0.512. The van der Waals surface area contributed by atoms with Crippen LogP contribution in [0.15, 0.2) is 30.5 Å². The Hall–Kier alpha value is -1.32. The number of halogens is 1. The maximum Gasteiger partial charge on any atom is 0.123 e. The molecule has 0 saturated carbocycles. The molecule has 3 nitrogen and oxygen atoms in total. The highest BCUT2D eigenvalue weighted by Crippen LogP contribution is 2.24. The molecule has 0 radical (unpaired) electrons. The predicted octanol–water partition coefficient (Wildman–Crippen LogP) is 3.93. The van der Waals surface area contributed by atoms with Crippen molar-refractivity contribution in [2.24, 2.45) is 0 Å². The number of hydrogen-bond acceptors (Lipinski definition) is 2. The van der Waals surface area contributed by atoms with Crippen molar-refractivity contribution in [1.29, 1.82) is 0 Å². The van der Waals surface area contributed by atoms with Crippen molar-refractivity contribution in [3.8, 4) is 11.3 Å². The Kier molecular flexibility index (Phi) is 3.85. The summed E-state index contributed by atoms with van der Waals surface area (Å²) in [4.78, 5) is 7.96. The van der Waals surface area contributed by atoms with Crippen LogP contribution in [-0.2, 0) is 0 Å². The minimum atomic E-state index is 0.364. The molecule has 2 heterocycles. The number of aromatic amines is 1. The highest BCUT2D eigenvalue weighted by atomic mass is 35.5. The van der Waals surface area contributed by atoms with E-state index in [-0.39, 0.29) is 0 Å². The molecule has 1 aromatic heterocycles. The minimum absolute atomic E-state index is 0.364. The molecule has 1 unspecified atom stereocenters. The quantitative estimate of drug-likeness (QED) is 0.872. The van der Waals surface area contributed by atoms with E-state index < -0.39 is 0 Å². The smallest absolute Gasteiger partial charge is 0.123 e. The molecule has 0 aliphatic carbocycles. The zero-order valence-corrected chi connectivity index (χ0v) is 11.6. The predicted molar refractivity (Wildman–Crippen MR) is 78.2 cm³/mol. The first-order valence-electron chi connectivity index (χ1n) is 6.87. The molecular formula is C15H18ClN3. The Labute approximate surface area is 118 Å². The van der Waals surface area contributed by atoms with E-state index in [9.17, 15) is 0 Å². The van der Waals surface area contributed by atoms with E-state index in [1.165, 1.54) is 19.3 Å². The Bertz CT molecular complexity index is 525. The summed E-state index contributed by atoms with van der Waals surface area (Å²) in [7, 11) is 0. The number of H-pyrrole nitrogens is 1. The summed E-state index contributed by atoms with van der Waals surface area (Å²) in [5, 5.41) is 4.32. The van der Waals surface area contributed by atoms with Gasteiger partial charge in [-0.2, -0.15) is 0 Å². The zero-order valence-electron chi connectivity index (χ0n) is 10.8. The van der Waals surface area contributed by atoms with Crippen molar-refractivity contribution >= 4 is 11.6 Å². The summed E-state index contributed by atoms with van der Waals surface area (Å²) >= 11 is 5.91. The fraction of sp³-hybridized carbons (Fsp3) is 0.400. The summed E-state index contributed by atoms with van der Waals surface area (Å²) < 4.78 is 0. The van der Waals surface area contributed by atoms with Gasteiger partial charge in [0.15, 0.2) is 0 Å². The third kappa shape index (κ3) is 2.99. The van der Waals surface area contributed by atoms with Gasteiger partial charge in [0.25, 0.3) is 0 Å². The van der Waals surface area contributed by atoms with Crippen LogP contribution >= 0.6 is 11.6 Å².